The molecule has 258 valence electrons. The number of fused-ring (bicyclic) bond motifs is 1. The predicted octanol–water partition coefficient (Wildman–Crippen LogP) is 4.63. The summed E-state index contributed by atoms with van der Waals surface area (Å²) in [6.07, 6.45) is -9.10. The van der Waals surface area contributed by atoms with Crippen LogP contribution in [0, 0.1) is 6.92 Å². The summed E-state index contributed by atoms with van der Waals surface area (Å²) in [4.78, 5) is 38.0. The van der Waals surface area contributed by atoms with Gasteiger partial charge in [-0.25, -0.2) is 14.4 Å². The molecule has 0 radical (unpaired) electrons. The minimum Gasteiger partial charge on any atom is -0.475 e. The Labute approximate surface area is 254 Å². The van der Waals surface area contributed by atoms with Gasteiger partial charge >= 0.3 is 36.4 Å². The molecule has 3 N–H and O–H groups in total. The predicted molar refractivity (Wildman–Crippen MR) is 136 cm³/mol. The highest BCUT2D eigenvalue weighted by Gasteiger charge is 2.43. The topological polar surface area (TPSA) is 159 Å². The maximum Gasteiger partial charge on any atom is 0.490 e. The van der Waals surface area contributed by atoms with E-state index in [9.17, 15) is 39.5 Å². The molecule has 3 heterocycles. The van der Waals surface area contributed by atoms with Gasteiger partial charge in [0.1, 0.15) is 0 Å². The molecule has 46 heavy (non-hydrogen) atoms. The molecule has 2 aromatic heterocycles. The Hall–Kier alpha value is -4.04. The fourth-order valence-corrected chi connectivity index (χ4v) is 3.95. The van der Waals surface area contributed by atoms with Gasteiger partial charge in [-0.3, -0.25) is 14.9 Å². The number of rotatable bonds is 5. The molecular formula is C26H28F9N3O8. The number of ether oxygens (including phenoxy) is 2. The Morgan fingerprint density at radius 3 is 1.89 bits per heavy atom. The number of pyridine rings is 2. The number of halogens is 9. The standard InChI is InChI=1S/C20H25N3O2.3C2HF3O2/c1-15-4-2-6-17(22-15)13-23-10-11-24-20-18(23)7-8-19(20)25-14-16-5-3-9-21-12-16;3*3-2(4,5)1(6)7/h2-6,9,12,18-20H,7-8,10-11,13-14H2,1H3;3*(H,6,7)/t18-,19-,20+;;;/m0.../s1. The zero-order valence-electron chi connectivity index (χ0n) is 23.6. The highest BCUT2D eigenvalue weighted by atomic mass is 19.4. The molecule has 0 aromatic carbocycles. The van der Waals surface area contributed by atoms with Crippen LogP contribution in [0.2, 0.25) is 0 Å². The smallest absolute Gasteiger partial charge is 0.475 e. The molecule has 3 atom stereocenters. The number of morpholine rings is 1. The third kappa shape index (κ3) is 14.8. The summed E-state index contributed by atoms with van der Waals surface area (Å²) in [6.45, 7) is 5.27. The van der Waals surface area contributed by atoms with Gasteiger partial charge in [-0.1, -0.05) is 12.1 Å². The first kappa shape index (κ1) is 40.0. The first-order valence-electron chi connectivity index (χ1n) is 12.8. The summed E-state index contributed by atoms with van der Waals surface area (Å²) in [7, 11) is 0. The SMILES string of the molecule is Cc1cccc(CN2CCO[C@H]3[C@@H](OCc4cccnc4)CC[C@@H]32)n1.O=C(O)C(F)(F)F.O=C(O)C(F)(F)F.O=C(O)C(F)(F)F. The minimum absolute atomic E-state index is 0.162. The summed E-state index contributed by atoms with van der Waals surface area (Å²) in [5, 5.41) is 21.4. The maximum absolute atomic E-state index is 10.6. The van der Waals surface area contributed by atoms with E-state index >= 15 is 0 Å². The number of alkyl halides is 9. The van der Waals surface area contributed by atoms with E-state index in [1.54, 1.807) is 6.20 Å². The van der Waals surface area contributed by atoms with Crippen LogP contribution >= 0.6 is 0 Å². The molecule has 1 saturated carbocycles. The summed E-state index contributed by atoms with van der Waals surface area (Å²) in [6, 6.07) is 10.7. The van der Waals surface area contributed by atoms with Crippen LogP contribution in [-0.2, 0) is 37.0 Å². The molecule has 1 saturated heterocycles. The van der Waals surface area contributed by atoms with Crippen molar-refractivity contribution < 1.29 is 78.7 Å². The second-order valence-electron chi connectivity index (χ2n) is 9.34. The molecule has 1 aliphatic heterocycles. The molecule has 1 aliphatic carbocycles. The van der Waals surface area contributed by atoms with Crippen LogP contribution in [0.3, 0.4) is 0 Å². The van der Waals surface area contributed by atoms with E-state index < -0.39 is 36.4 Å². The molecule has 4 rings (SSSR count). The number of aromatic nitrogens is 2. The van der Waals surface area contributed by atoms with Crippen LogP contribution in [0.1, 0.15) is 29.8 Å². The third-order valence-electron chi connectivity index (χ3n) is 5.88. The number of carboxylic acid groups (broad SMARTS) is 3. The van der Waals surface area contributed by atoms with E-state index in [4.69, 9.17) is 39.2 Å². The fraction of sp³-hybridized carbons (Fsp3) is 0.500. The van der Waals surface area contributed by atoms with Crippen molar-refractivity contribution in [2.75, 3.05) is 13.2 Å². The highest BCUT2D eigenvalue weighted by Crippen LogP contribution is 2.33. The summed E-state index contributed by atoms with van der Waals surface area (Å²) in [5.41, 5.74) is 3.33. The van der Waals surface area contributed by atoms with Gasteiger partial charge in [0.25, 0.3) is 0 Å². The van der Waals surface area contributed by atoms with Gasteiger partial charge in [0, 0.05) is 37.2 Å². The third-order valence-corrected chi connectivity index (χ3v) is 5.88. The molecule has 0 bridgehead atoms. The molecule has 2 aliphatic rings. The first-order valence-corrected chi connectivity index (χ1v) is 12.8. The van der Waals surface area contributed by atoms with E-state index in [1.807, 2.05) is 25.3 Å². The van der Waals surface area contributed by atoms with Crippen LogP contribution in [-0.4, -0.2) is 98.0 Å². The van der Waals surface area contributed by atoms with E-state index in [1.165, 1.54) is 0 Å². The average Bonchev–Trinajstić information content (AvgIpc) is 3.36. The Morgan fingerprint density at radius 1 is 0.891 bits per heavy atom. The van der Waals surface area contributed by atoms with E-state index in [-0.39, 0.29) is 12.2 Å². The van der Waals surface area contributed by atoms with Crippen molar-refractivity contribution in [3.05, 3.63) is 59.7 Å². The molecule has 0 spiro atoms. The lowest BCUT2D eigenvalue weighted by Gasteiger charge is -2.38. The summed E-state index contributed by atoms with van der Waals surface area (Å²) in [5.74, 6) is -8.27. The van der Waals surface area contributed by atoms with Gasteiger partial charge in [-0.05, 0) is 43.5 Å². The van der Waals surface area contributed by atoms with Gasteiger partial charge in [0.15, 0.2) is 0 Å². The lowest BCUT2D eigenvalue weighted by Crippen LogP contribution is -2.51. The van der Waals surface area contributed by atoms with Crippen LogP contribution in [0.5, 0.6) is 0 Å². The summed E-state index contributed by atoms with van der Waals surface area (Å²) < 4.78 is 107. The zero-order chi connectivity index (χ0) is 35.3. The number of carbonyl (C=O) groups is 3. The Balaban J connectivity index is 0.000000413. The summed E-state index contributed by atoms with van der Waals surface area (Å²) >= 11 is 0. The minimum atomic E-state index is -5.08. The second-order valence-corrected chi connectivity index (χ2v) is 9.34. The van der Waals surface area contributed by atoms with Crippen molar-refractivity contribution in [1.29, 1.82) is 0 Å². The van der Waals surface area contributed by atoms with Crippen LogP contribution < -0.4 is 0 Å². The second kappa shape index (κ2) is 17.6. The van der Waals surface area contributed by atoms with Crippen molar-refractivity contribution in [2.45, 2.75) is 69.7 Å². The largest absolute Gasteiger partial charge is 0.490 e. The van der Waals surface area contributed by atoms with E-state index in [0.717, 1.165) is 49.5 Å². The van der Waals surface area contributed by atoms with Gasteiger partial charge in [0.2, 0.25) is 0 Å². The number of hydrogen-bond donors (Lipinski definition) is 3. The number of carboxylic acids is 3. The van der Waals surface area contributed by atoms with Crippen molar-refractivity contribution in [3.8, 4) is 0 Å². The molecular weight excluding hydrogens is 653 g/mol. The molecule has 20 heteroatoms. The van der Waals surface area contributed by atoms with Crippen molar-refractivity contribution in [1.82, 2.24) is 14.9 Å². The normalized spacial score (nSPS) is 19.6. The molecule has 0 unspecified atom stereocenters. The Bertz CT molecular complexity index is 1200. The van der Waals surface area contributed by atoms with Crippen molar-refractivity contribution >= 4 is 17.9 Å². The van der Waals surface area contributed by atoms with Crippen LogP contribution in [0.4, 0.5) is 39.5 Å². The number of hydrogen-bond acceptors (Lipinski definition) is 8. The number of aryl methyl sites for hydroxylation is 1. The average molecular weight is 682 g/mol. The molecule has 11 nitrogen and oxygen atoms in total. The molecule has 2 fully saturated rings. The van der Waals surface area contributed by atoms with Crippen molar-refractivity contribution in [2.24, 2.45) is 0 Å². The fourth-order valence-electron chi connectivity index (χ4n) is 3.95. The van der Waals surface area contributed by atoms with Gasteiger partial charge < -0.3 is 24.8 Å². The lowest BCUT2D eigenvalue weighted by molar-refractivity contribution is -0.193. The van der Waals surface area contributed by atoms with Gasteiger partial charge in [-0.2, -0.15) is 39.5 Å². The number of aliphatic carboxylic acids is 3. The van der Waals surface area contributed by atoms with E-state index in [0.29, 0.717) is 12.6 Å². The monoisotopic (exact) mass is 681 g/mol. The lowest BCUT2D eigenvalue weighted by atomic mass is 10.1. The Morgan fingerprint density at radius 2 is 1.43 bits per heavy atom. The molecule has 0 amide bonds. The van der Waals surface area contributed by atoms with Gasteiger partial charge in [0.05, 0.1) is 31.1 Å². The van der Waals surface area contributed by atoms with Crippen LogP contribution in [0.15, 0.2) is 42.7 Å². The highest BCUT2D eigenvalue weighted by molar-refractivity contribution is 5.73. The van der Waals surface area contributed by atoms with Crippen molar-refractivity contribution in [3.63, 3.8) is 0 Å². The first-order chi connectivity index (χ1) is 21.1. The van der Waals surface area contributed by atoms with Crippen LogP contribution in [0.25, 0.3) is 0 Å². The quantitative estimate of drug-likeness (QED) is 0.378. The maximum atomic E-state index is 10.6. The van der Waals surface area contributed by atoms with E-state index in [2.05, 4.69) is 33.1 Å². The zero-order valence-corrected chi connectivity index (χ0v) is 23.6. The van der Waals surface area contributed by atoms with Gasteiger partial charge in [-0.15, -0.1) is 0 Å². The molecule has 2 aromatic rings. The Kier molecular flexibility index (Phi) is 15.3. The number of nitrogens with zero attached hydrogens (tertiary/aromatic N) is 3.